The SMILES string of the molecule is CC(C)c1ccc(-c2nnc(NC(=O)CCNC(=O)Nc3ccccc3)s2)cc1. The van der Waals surface area contributed by atoms with E-state index in [-0.39, 0.29) is 24.9 Å². The largest absolute Gasteiger partial charge is 0.337 e. The molecule has 8 heteroatoms. The van der Waals surface area contributed by atoms with Gasteiger partial charge in [-0.05, 0) is 23.6 Å². The lowest BCUT2D eigenvalue weighted by Gasteiger charge is -2.07. The van der Waals surface area contributed by atoms with Gasteiger partial charge in [0.1, 0.15) is 5.01 Å². The Bertz CT molecular complexity index is 955. The third kappa shape index (κ3) is 6.11. The van der Waals surface area contributed by atoms with Crippen LogP contribution < -0.4 is 16.0 Å². The molecule has 0 spiro atoms. The minimum atomic E-state index is -0.355. The topological polar surface area (TPSA) is 96.0 Å². The number of anilines is 2. The lowest BCUT2D eigenvalue weighted by Crippen LogP contribution is -2.31. The minimum Gasteiger partial charge on any atom is -0.337 e. The number of carbonyl (C=O) groups excluding carboxylic acids is 2. The highest BCUT2D eigenvalue weighted by Gasteiger charge is 2.11. The first-order valence-corrected chi connectivity index (χ1v) is 10.2. The van der Waals surface area contributed by atoms with Crippen LogP contribution in [0.5, 0.6) is 0 Å². The number of hydrogen-bond acceptors (Lipinski definition) is 5. The fourth-order valence-corrected chi connectivity index (χ4v) is 3.33. The van der Waals surface area contributed by atoms with Crippen LogP contribution in [0, 0.1) is 0 Å². The summed E-state index contributed by atoms with van der Waals surface area (Å²) in [6.07, 6.45) is 0.139. The van der Waals surface area contributed by atoms with E-state index in [9.17, 15) is 9.59 Å². The molecule has 0 aliphatic carbocycles. The summed E-state index contributed by atoms with van der Waals surface area (Å²) < 4.78 is 0. The van der Waals surface area contributed by atoms with E-state index in [1.807, 2.05) is 30.3 Å². The molecule has 3 amide bonds. The molecule has 3 N–H and O–H groups in total. The van der Waals surface area contributed by atoms with Gasteiger partial charge in [0, 0.05) is 24.2 Å². The Morgan fingerprint density at radius 2 is 1.69 bits per heavy atom. The molecule has 3 rings (SSSR count). The van der Waals surface area contributed by atoms with Gasteiger partial charge in [0.2, 0.25) is 11.0 Å². The second-order valence-corrected chi connectivity index (χ2v) is 7.71. The van der Waals surface area contributed by atoms with Gasteiger partial charge >= 0.3 is 6.03 Å². The van der Waals surface area contributed by atoms with Crippen LogP contribution in [0.3, 0.4) is 0 Å². The summed E-state index contributed by atoms with van der Waals surface area (Å²) in [7, 11) is 0. The Hall–Kier alpha value is -3.26. The van der Waals surface area contributed by atoms with Gasteiger partial charge in [0.25, 0.3) is 0 Å². The van der Waals surface area contributed by atoms with Crippen molar-refractivity contribution < 1.29 is 9.59 Å². The normalized spacial score (nSPS) is 10.6. The standard InChI is InChI=1S/C21H23N5O2S/c1-14(2)15-8-10-16(11-9-15)19-25-26-21(29-19)24-18(27)12-13-22-20(28)23-17-6-4-3-5-7-17/h3-11,14H,12-13H2,1-2H3,(H2,22,23,28)(H,24,26,27). The summed E-state index contributed by atoms with van der Waals surface area (Å²) >= 11 is 1.32. The third-order valence-corrected chi connectivity index (χ3v) is 5.05. The van der Waals surface area contributed by atoms with Crippen molar-refractivity contribution in [2.24, 2.45) is 0 Å². The zero-order valence-corrected chi connectivity index (χ0v) is 17.1. The highest BCUT2D eigenvalue weighted by Crippen LogP contribution is 2.27. The fourth-order valence-electron chi connectivity index (χ4n) is 2.57. The monoisotopic (exact) mass is 409 g/mol. The lowest BCUT2D eigenvalue weighted by atomic mass is 10.0. The highest BCUT2D eigenvalue weighted by atomic mass is 32.1. The molecule has 0 unspecified atom stereocenters. The molecule has 150 valence electrons. The molecule has 0 saturated heterocycles. The van der Waals surface area contributed by atoms with Crippen LogP contribution in [0.25, 0.3) is 10.6 Å². The summed E-state index contributed by atoms with van der Waals surface area (Å²) in [6.45, 7) is 4.51. The van der Waals surface area contributed by atoms with Crippen LogP contribution >= 0.6 is 11.3 Å². The van der Waals surface area contributed by atoms with E-state index in [1.165, 1.54) is 16.9 Å². The van der Waals surface area contributed by atoms with Gasteiger partial charge in [-0.2, -0.15) is 0 Å². The van der Waals surface area contributed by atoms with Gasteiger partial charge in [-0.3, -0.25) is 4.79 Å². The minimum absolute atomic E-state index is 0.139. The maximum atomic E-state index is 12.1. The molecule has 0 aliphatic rings. The molecule has 1 heterocycles. The summed E-state index contributed by atoms with van der Waals surface area (Å²) in [5.41, 5.74) is 2.92. The molecule has 2 aromatic carbocycles. The van der Waals surface area contributed by atoms with Crippen molar-refractivity contribution in [3.8, 4) is 10.6 Å². The van der Waals surface area contributed by atoms with E-state index in [0.29, 0.717) is 16.7 Å². The highest BCUT2D eigenvalue weighted by molar-refractivity contribution is 7.18. The van der Waals surface area contributed by atoms with Crippen molar-refractivity contribution in [2.75, 3.05) is 17.2 Å². The number of aromatic nitrogens is 2. The molecule has 0 saturated carbocycles. The molecule has 0 atom stereocenters. The lowest BCUT2D eigenvalue weighted by molar-refractivity contribution is -0.116. The predicted octanol–water partition coefficient (Wildman–Crippen LogP) is 4.48. The van der Waals surface area contributed by atoms with E-state index in [0.717, 1.165) is 10.6 Å². The number of hydrogen-bond donors (Lipinski definition) is 3. The number of nitrogens with zero attached hydrogens (tertiary/aromatic N) is 2. The van der Waals surface area contributed by atoms with Gasteiger partial charge in [-0.25, -0.2) is 4.79 Å². The number of amides is 3. The molecule has 1 aromatic heterocycles. The van der Waals surface area contributed by atoms with Gasteiger partial charge < -0.3 is 16.0 Å². The maximum Gasteiger partial charge on any atom is 0.319 e. The summed E-state index contributed by atoms with van der Waals surface area (Å²) in [5.74, 6) is 0.236. The average molecular weight is 410 g/mol. The smallest absolute Gasteiger partial charge is 0.319 e. The van der Waals surface area contributed by atoms with Crippen molar-refractivity contribution in [2.45, 2.75) is 26.2 Å². The van der Waals surface area contributed by atoms with E-state index in [2.05, 4.69) is 52.1 Å². The van der Waals surface area contributed by atoms with Crippen LogP contribution in [-0.2, 0) is 4.79 Å². The molecule has 0 aliphatic heterocycles. The fraction of sp³-hybridized carbons (Fsp3) is 0.238. The first-order valence-electron chi connectivity index (χ1n) is 9.35. The van der Waals surface area contributed by atoms with Crippen molar-refractivity contribution in [3.05, 3.63) is 60.2 Å². The second kappa shape index (κ2) is 9.79. The first-order chi connectivity index (χ1) is 14.0. The Morgan fingerprint density at radius 1 is 0.966 bits per heavy atom. The molecule has 0 radical (unpaired) electrons. The quantitative estimate of drug-likeness (QED) is 0.536. The Morgan fingerprint density at radius 3 is 2.38 bits per heavy atom. The van der Waals surface area contributed by atoms with E-state index < -0.39 is 0 Å². The predicted molar refractivity (Wildman–Crippen MR) is 116 cm³/mol. The molecule has 3 aromatic rings. The van der Waals surface area contributed by atoms with Crippen molar-refractivity contribution in [1.29, 1.82) is 0 Å². The second-order valence-electron chi connectivity index (χ2n) is 6.73. The van der Waals surface area contributed by atoms with E-state index >= 15 is 0 Å². The third-order valence-electron chi connectivity index (χ3n) is 4.16. The number of urea groups is 1. The number of rotatable bonds is 7. The molecule has 29 heavy (non-hydrogen) atoms. The first kappa shape index (κ1) is 20.5. The van der Waals surface area contributed by atoms with Crippen LogP contribution in [0.1, 0.15) is 31.7 Å². The van der Waals surface area contributed by atoms with E-state index in [1.54, 1.807) is 12.1 Å². The Labute approximate surface area is 173 Å². The Kier molecular flexibility index (Phi) is 6.91. The number of carbonyl (C=O) groups is 2. The Balaban J connectivity index is 1.44. The van der Waals surface area contributed by atoms with Crippen molar-refractivity contribution >= 4 is 34.1 Å². The molecular weight excluding hydrogens is 386 g/mol. The number of para-hydroxylation sites is 1. The van der Waals surface area contributed by atoms with Crippen LogP contribution in [0.2, 0.25) is 0 Å². The van der Waals surface area contributed by atoms with Crippen LogP contribution in [-0.4, -0.2) is 28.7 Å². The van der Waals surface area contributed by atoms with Crippen LogP contribution in [0.15, 0.2) is 54.6 Å². The molecule has 7 nitrogen and oxygen atoms in total. The zero-order chi connectivity index (χ0) is 20.6. The molecule has 0 bridgehead atoms. The van der Waals surface area contributed by atoms with E-state index in [4.69, 9.17) is 0 Å². The van der Waals surface area contributed by atoms with Gasteiger partial charge in [-0.1, -0.05) is 67.6 Å². The average Bonchev–Trinajstić information content (AvgIpc) is 3.17. The summed E-state index contributed by atoms with van der Waals surface area (Å²) in [5, 5.41) is 17.4. The summed E-state index contributed by atoms with van der Waals surface area (Å²) in [6, 6.07) is 16.9. The van der Waals surface area contributed by atoms with Crippen molar-refractivity contribution in [1.82, 2.24) is 15.5 Å². The number of benzene rings is 2. The van der Waals surface area contributed by atoms with Crippen molar-refractivity contribution in [3.63, 3.8) is 0 Å². The van der Waals surface area contributed by atoms with Gasteiger partial charge in [0.15, 0.2) is 0 Å². The van der Waals surface area contributed by atoms with Crippen LogP contribution in [0.4, 0.5) is 15.6 Å². The number of nitrogens with one attached hydrogen (secondary N) is 3. The summed E-state index contributed by atoms with van der Waals surface area (Å²) in [4.78, 5) is 23.9. The van der Waals surface area contributed by atoms with Gasteiger partial charge in [0.05, 0.1) is 0 Å². The molecule has 0 fully saturated rings. The zero-order valence-electron chi connectivity index (χ0n) is 16.3. The molecular formula is C21H23N5O2S. The van der Waals surface area contributed by atoms with Gasteiger partial charge in [-0.15, -0.1) is 10.2 Å². The maximum absolute atomic E-state index is 12.1.